The van der Waals surface area contributed by atoms with E-state index in [-0.39, 0.29) is 12.6 Å². The summed E-state index contributed by atoms with van der Waals surface area (Å²) in [4.78, 5) is 0. The molecular weight excluding hydrogens is 146 g/mol. The van der Waals surface area contributed by atoms with E-state index in [0.29, 0.717) is 11.8 Å². The van der Waals surface area contributed by atoms with Gasteiger partial charge in [0.2, 0.25) is 11.8 Å². The third kappa shape index (κ3) is 1.75. The van der Waals surface area contributed by atoms with Gasteiger partial charge in [-0.05, 0) is 6.92 Å². The Morgan fingerprint density at radius 2 is 2.36 bits per heavy atom. The van der Waals surface area contributed by atoms with Gasteiger partial charge in [0.05, 0.1) is 6.54 Å². The molecule has 0 fully saturated rings. The van der Waals surface area contributed by atoms with Gasteiger partial charge >= 0.3 is 0 Å². The van der Waals surface area contributed by atoms with E-state index < -0.39 is 0 Å². The van der Waals surface area contributed by atoms with Crippen molar-refractivity contribution in [3.05, 3.63) is 11.8 Å². The summed E-state index contributed by atoms with van der Waals surface area (Å²) < 4.78 is 10.1. The van der Waals surface area contributed by atoms with Crippen molar-refractivity contribution in [3.63, 3.8) is 0 Å². The minimum atomic E-state index is -0.164. The normalized spacial score (nSPS) is 13.4. The largest absolute Gasteiger partial charge is 0.421 e. The number of ether oxygens (including phenoxy) is 1. The molecule has 0 aliphatic heterocycles. The minimum Gasteiger partial charge on any atom is -0.421 e. The van der Waals surface area contributed by atoms with Crippen LogP contribution >= 0.6 is 0 Å². The lowest BCUT2D eigenvalue weighted by Crippen LogP contribution is -1.96. The highest BCUT2D eigenvalue weighted by Gasteiger charge is 2.11. The molecule has 1 rings (SSSR count). The van der Waals surface area contributed by atoms with Gasteiger partial charge in [0.15, 0.2) is 0 Å². The summed E-state index contributed by atoms with van der Waals surface area (Å²) in [6.45, 7) is 2.09. The molecule has 0 spiro atoms. The van der Waals surface area contributed by atoms with Crippen LogP contribution < -0.4 is 5.73 Å². The first-order chi connectivity index (χ1) is 5.27. The molecule has 0 saturated carbocycles. The van der Waals surface area contributed by atoms with E-state index in [1.165, 1.54) is 0 Å². The SMILES string of the molecule is COC(C)c1nnc(CN)o1. The molecule has 1 aromatic heterocycles. The lowest BCUT2D eigenvalue weighted by atomic mass is 10.4. The summed E-state index contributed by atoms with van der Waals surface area (Å²) in [5.41, 5.74) is 5.27. The Bertz CT molecular complexity index is 223. The molecule has 5 heteroatoms. The first-order valence-corrected chi connectivity index (χ1v) is 3.33. The molecule has 0 bridgehead atoms. The number of hydrogen-bond donors (Lipinski definition) is 1. The molecule has 1 unspecified atom stereocenters. The van der Waals surface area contributed by atoms with Gasteiger partial charge in [-0.25, -0.2) is 0 Å². The van der Waals surface area contributed by atoms with Crippen LogP contribution in [0.15, 0.2) is 4.42 Å². The fourth-order valence-corrected chi connectivity index (χ4v) is 0.614. The highest BCUT2D eigenvalue weighted by Crippen LogP contribution is 2.12. The standard InChI is InChI=1S/C6H11N3O2/c1-4(10-2)6-9-8-5(3-7)11-6/h4H,3,7H2,1-2H3. The maximum atomic E-state index is 5.27. The Hall–Kier alpha value is -0.940. The van der Waals surface area contributed by atoms with Crippen molar-refractivity contribution in [3.8, 4) is 0 Å². The van der Waals surface area contributed by atoms with Gasteiger partial charge in [-0.15, -0.1) is 10.2 Å². The molecule has 1 aromatic rings. The Morgan fingerprint density at radius 1 is 1.64 bits per heavy atom. The monoisotopic (exact) mass is 157 g/mol. The van der Waals surface area contributed by atoms with E-state index in [4.69, 9.17) is 14.9 Å². The fraction of sp³-hybridized carbons (Fsp3) is 0.667. The van der Waals surface area contributed by atoms with E-state index in [9.17, 15) is 0 Å². The highest BCUT2D eigenvalue weighted by atomic mass is 16.5. The molecule has 5 nitrogen and oxygen atoms in total. The predicted molar refractivity (Wildman–Crippen MR) is 37.6 cm³/mol. The number of hydrogen-bond acceptors (Lipinski definition) is 5. The maximum absolute atomic E-state index is 5.27. The van der Waals surface area contributed by atoms with Gasteiger partial charge < -0.3 is 14.9 Å². The zero-order valence-corrected chi connectivity index (χ0v) is 6.57. The molecule has 0 aliphatic rings. The van der Waals surface area contributed by atoms with Crippen LogP contribution in [-0.2, 0) is 11.3 Å². The fourth-order valence-electron chi connectivity index (χ4n) is 0.614. The quantitative estimate of drug-likeness (QED) is 0.680. The van der Waals surface area contributed by atoms with Gasteiger partial charge in [-0.3, -0.25) is 0 Å². The Kier molecular flexibility index (Phi) is 2.56. The number of nitrogens with two attached hydrogens (primary N) is 1. The molecule has 0 aromatic carbocycles. The van der Waals surface area contributed by atoms with Crippen molar-refractivity contribution >= 4 is 0 Å². The van der Waals surface area contributed by atoms with Gasteiger partial charge in [0, 0.05) is 7.11 Å². The van der Waals surface area contributed by atoms with Crippen LogP contribution in [0.4, 0.5) is 0 Å². The van der Waals surface area contributed by atoms with E-state index in [1.807, 2.05) is 6.92 Å². The summed E-state index contributed by atoms with van der Waals surface area (Å²) in [7, 11) is 1.58. The van der Waals surface area contributed by atoms with Crippen LogP contribution in [0, 0.1) is 0 Å². The van der Waals surface area contributed by atoms with Crippen LogP contribution in [0.1, 0.15) is 24.8 Å². The molecule has 11 heavy (non-hydrogen) atoms. The summed E-state index contributed by atoms with van der Waals surface area (Å²) in [6.07, 6.45) is -0.164. The first kappa shape index (κ1) is 8.16. The molecule has 2 N–H and O–H groups in total. The van der Waals surface area contributed by atoms with Crippen molar-refractivity contribution in [2.45, 2.75) is 19.6 Å². The van der Waals surface area contributed by atoms with Crippen molar-refractivity contribution in [1.29, 1.82) is 0 Å². The average Bonchev–Trinajstić information content (AvgIpc) is 2.50. The molecule has 0 aliphatic carbocycles. The van der Waals surface area contributed by atoms with Crippen LogP contribution in [0.3, 0.4) is 0 Å². The minimum absolute atomic E-state index is 0.164. The van der Waals surface area contributed by atoms with Crippen molar-refractivity contribution < 1.29 is 9.15 Å². The van der Waals surface area contributed by atoms with Crippen LogP contribution in [-0.4, -0.2) is 17.3 Å². The van der Waals surface area contributed by atoms with Gasteiger partial charge in [0.25, 0.3) is 0 Å². The van der Waals surface area contributed by atoms with Gasteiger partial charge in [-0.2, -0.15) is 0 Å². The lowest BCUT2D eigenvalue weighted by Gasteiger charge is -2.00. The topological polar surface area (TPSA) is 74.2 Å². The van der Waals surface area contributed by atoms with Crippen LogP contribution in [0.2, 0.25) is 0 Å². The zero-order chi connectivity index (χ0) is 8.27. The predicted octanol–water partition coefficient (Wildman–Crippen LogP) is 0.236. The number of nitrogens with zero attached hydrogens (tertiary/aromatic N) is 2. The highest BCUT2D eigenvalue weighted by molar-refractivity contribution is 4.83. The van der Waals surface area contributed by atoms with E-state index in [0.717, 1.165) is 0 Å². The first-order valence-electron chi connectivity index (χ1n) is 3.33. The van der Waals surface area contributed by atoms with Crippen LogP contribution in [0.5, 0.6) is 0 Å². The van der Waals surface area contributed by atoms with Crippen LogP contribution in [0.25, 0.3) is 0 Å². The molecule has 1 atom stereocenters. The number of rotatable bonds is 3. The Labute approximate surface area is 64.5 Å². The molecule has 0 amide bonds. The van der Waals surface area contributed by atoms with E-state index in [2.05, 4.69) is 10.2 Å². The number of aromatic nitrogens is 2. The van der Waals surface area contributed by atoms with Gasteiger partial charge in [0.1, 0.15) is 6.10 Å². The van der Waals surface area contributed by atoms with Crippen molar-refractivity contribution in [2.24, 2.45) is 5.73 Å². The summed E-state index contributed by atoms with van der Waals surface area (Å²) >= 11 is 0. The molecular formula is C6H11N3O2. The van der Waals surface area contributed by atoms with Crippen molar-refractivity contribution in [2.75, 3.05) is 7.11 Å². The third-order valence-electron chi connectivity index (χ3n) is 1.36. The molecule has 0 saturated heterocycles. The Balaban J connectivity index is 2.71. The van der Waals surface area contributed by atoms with E-state index >= 15 is 0 Å². The third-order valence-corrected chi connectivity index (χ3v) is 1.36. The summed E-state index contributed by atoms with van der Waals surface area (Å²) in [6, 6.07) is 0. The average molecular weight is 157 g/mol. The summed E-state index contributed by atoms with van der Waals surface area (Å²) in [5.74, 6) is 0.900. The van der Waals surface area contributed by atoms with Gasteiger partial charge in [-0.1, -0.05) is 0 Å². The van der Waals surface area contributed by atoms with Crippen molar-refractivity contribution in [1.82, 2.24) is 10.2 Å². The second-order valence-electron chi connectivity index (χ2n) is 2.12. The Morgan fingerprint density at radius 3 is 2.82 bits per heavy atom. The molecule has 62 valence electrons. The smallest absolute Gasteiger partial charge is 0.244 e. The molecule has 1 heterocycles. The molecule has 0 radical (unpaired) electrons. The summed E-state index contributed by atoms with van der Waals surface area (Å²) in [5, 5.41) is 7.42. The number of methoxy groups -OCH3 is 1. The second kappa shape index (κ2) is 3.45. The van der Waals surface area contributed by atoms with E-state index in [1.54, 1.807) is 7.11 Å². The maximum Gasteiger partial charge on any atom is 0.244 e. The second-order valence-corrected chi connectivity index (χ2v) is 2.12. The lowest BCUT2D eigenvalue weighted by molar-refractivity contribution is 0.0936. The zero-order valence-electron chi connectivity index (χ0n) is 6.57.